The number of hydrogen-bond donors (Lipinski definition) is 1. The fourth-order valence-corrected chi connectivity index (χ4v) is 3.63. The Balaban J connectivity index is 1.91. The largest absolute Gasteiger partial charge is 0.496 e. The summed E-state index contributed by atoms with van der Waals surface area (Å²) in [5.41, 5.74) is 7.38. The number of nitrogens with zero attached hydrogens (tertiary/aromatic N) is 2. The second kappa shape index (κ2) is 8.05. The highest BCUT2D eigenvalue weighted by Gasteiger charge is 2.23. The van der Waals surface area contributed by atoms with E-state index in [1.807, 2.05) is 32.0 Å². The molecule has 1 aromatic heterocycles. The third-order valence-corrected chi connectivity index (χ3v) is 5.42. The third kappa shape index (κ3) is 3.75. The second-order valence-corrected chi connectivity index (χ2v) is 7.71. The van der Waals surface area contributed by atoms with Crippen LogP contribution in [0.15, 0.2) is 31.1 Å². The van der Waals surface area contributed by atoms with Crippen molar-refractivity contribution in [2.45, 2.75) is 40.0 Å². The molecule has 0 spiro atoms. The average molecular weight is 380 g/mol. The van der Waals surface area contributed by atoms with Crippen LogP contribution in [0.2, 0.25) is 0 Å². The van der Waals surface area contributed by atoms with Gasteiger partial charge in [-0.15, -0.1) is 0 Å². The van der Waals surface area contributed by atoms with Crippen LogP contribution in [-0.2, 0) is 11.2 Å². The maximum atomic E-state index is 11.9. The van der Waals surface area contributed by atoms with Crippen molar-refractivity contribution in [3.8, 4) is 5.75 Å². The van der Waals surface area contributed by atoms with Gasteiger partial charge in [-0.1, -0.05) is 26.5 Å². The van der Waals surface area contributed by atoms with Crippen LogP contribution in [0, 0.1) is 12.8 Å². The predicted octanol–water partition coefficient (Wildman–Crippen LogP) is 4.58. The van der Waals surface area contributed by atoms with Crippen LogP contribution in [0.4, 0.5) is 0 Å². The number of aryl methyl sites for hydroxylation is 1. The van der Waals surface area contributed by atoms with E-state index in [-0.39, 0.29) is 5.92 Å². The SMILES string of the molecule is C=C1c2[nH]ncc2C(c2cc(C)c(CCCC(=O)C(C)C)c(OC)c2)=CN1C. The molecule has 1 aromatic carbocycles. The first-order valence-electron chi connectivity index (χ1n) is 9.71. The maximum absolute atomic E-state index is 11.9. The Morgan fingerprint density at radius 2 is 2.11 bits per heavy atom. The first kappa shape index (κ1) is 19.9. The molecule has 0 radical (unpaired) electrons. The fourth-order valence-electron chi connectivity index (χ4n) is 3.63. The summed E-state index contributed by atoms with van der Waals surface area (Å²) in [5, 5.41) is 7.25. The summed E-state index contributed by atoms with van der Waals surface area (Å²) in [6, 6.07) is 4.27. The van der Waals surface area contributed by atoms with Gasteiger partial charge in [0.25, 0.3) is 0 Å². The smallest absolute Gasteiger partial charge is 0.135 e. The second-order valence-electron chi connectivity index (χ2n) is 7.71. The van der Waals surface area contributed by atoms with E-state index in [4.69, 9.17) is 4.74 Å². The number of methoxy groups -OCH3 is 1. The van der Waals surface area contributed by atoms with Gasteiger partial charge < -0.3 is 9.64 Å². The van der Waals surface area contributed by atoms with Gasteiger partial charge in [0, 0.05) is 36.7 Å². The molecule has 28 heavy (non-hydrogen) atoms. The van der Waals surface area contributed by atoms with E-state index >= 15 is 0 Å². The number of fused-ring (bicyclic) bond motifs is 1. The molecule has 1 aliphatic rings. The number of carbonyl (C=O) groups is 1. The number of rotatable bonds is 7. The van der Waals surface area contributed by atoms with Crippen LogP contribution in [0.25, 0.3) is 11.3 Å². The number of Topliss-reactive ketones (excluding diaryl/α,β-unsaturated/α-hetero) is 1. The highest BCUT2D eigenvalue weighted by atomic mass is 16.5. The molecule has 0 unspecified atom stereocenters. The van der Waals surface area contributed by atoms with E-state index in [0.717, 1.165) is 46.7 Å². The quantitative estimate of drug-likeness (QED) is 0.765. The summed E-state index contributed by atoms with van der Waals surface area (Å²) in [6.45, 7) is 10.1. The monoisotopic (exact) mass is 379 g/mol. The number of ketones is 1. The van der Waals surface area contributed by atoms with Gasteiger partial charge in [-0.3, -0.25) is 9.89 Å². The summed E-state index contributed by atoms with van der Waals surface area (Å²) >= 11 is 0. The van der Waals surface area contributed by atoms with E-state index in [9.17, 15) is 4.79 Å². The van der Waals surface area contributed by atoms with Gasteiger partial charge in [0.2, 0.25) is 0 Å². The molecule has 0 saturated carbocycles. The Kier molecular flexibility index (Phi) is 5.73. The molecule has 2 heterocycles. The molecule has 1 N–H and O–H groups in total. The van der Waals surface area contributed by atoms with Crippen molar-refractivity contribution < 1.29 is 9.53 Å². The van der Waals surface area contributed by atoms with E-state index in [0.29, 0.717) is 12.2 Å². The van der Waals surface area contributed by atoms with Crippen LogP contribution in [-0.4, -0.2) is 35.0 Å². The molecular weight excluding hydrogens is 350 g/mol. The molecule has 1 aliphatic heterocycles. The first-order valence-corrected chi connectivity index (χ1v) is 9.71. The summed E-state index contributed by atoms with van der Waals surface area (Å²) in [4.78, 5) is 13.9. The standard InChI is InChI=1S/C23H29N3O2/c1-14(2)21(27)9-7-8-18-15(3)10-17(11-22(18)28-6)20-13-26(5)16(4)23-19(20)12-24-25-23/h10-14H,4,7-9H2,1-3,5-6H3,(H,24,25). The lowest BCUT2D eigenvalue weighted by Crippen LogP contribution is -2.15. The molecule has 3 rings (SSSR count). The van der Waals surface area contributed by atoms with Crippen LogP contribution in [0.1, 0.15) is 54.6 Å². The van der Waals surface area contributed by atoms with E-state index in [1.54, 1.807) is 7.11 Å². The number of hydrogen-bond acceptors (Lipinski definition) is 4. The summed E-state index contributed by atoms with van der Waals surface area (Å²) in [7, 11) is 3.68. The number of H-pyrrole nitrogens is 1. The number of benzene rings is 1. The maximum Gasteiger partial charge on any atom is 0.135 e. The lowest BCUT2D eigenvalue weighted by atomic mass is 9.91. The Labute approximate surface area is 167 Å². The molecule has 5 nitrogen and oxygen atoms in total. The van der Waals surface area contributed by atoms with Gasteiger partial charge in [-0.05, 0) is 42.5 Å². The number of nitrogens with one attached hydrogen (secondary N) is 1. The fraction of sp³-hybridized carbons (Fsp3) is 0.391. The van der Waals surface area contributed by atoms with Gasteiger partial charge >= 0.3 is 0 Å². The van der Waals surface area contributed by atoms with Crippen LogP contribution >= 0.6 is 0 Å². The Morgan fingerprint density at radius 1 is 1.36 bits per heavy atom. The number of ether oxygens (including phenoxy) is 1. The number of aromatic amines is 1. The van der Waals surface area contributed by atoms with Crippen molar-refractivity contribution in [1.29, 1.82) is 0 Å². The molecule has 0 fully saturated rings. The minimum atomic E-state index is 0.0968. The summed E-state index contributed by atoms with van der Waals surface area (Å²) in [5.74, 6) is 1.28. The number of aromatic nitrogens is 2. The van der Waals surface area contributed by atoms with Crippen molar-refractivity contribution in [2.75, 3.05) is 14.2 Å². The number of carbonyl (C=O) groups excluding carboxylic acids is 1. The van der Waals surface area contributed by atoms with Crippen molar-refractivity contribution in [2.24, 2.45) is 5.92 Å². The van der Waals surface area contributed by atoms with Crippen molar-refractivity contribution >= 4 is 17.1 Å². The first-order chi connectivity index (χ1) is 13.3. The molecule has 0 bridgehead atoms. The molecule has 0 atom stereocenters. The van der Waals surface area contributed by atoms with E-state index in [2.05, 4.69) is 42.0 Å². The highest BCUT2D eigenvalue weighted by Crippen LogP contribution is 2.37. The Morgan fingerprint density at radius 3 is 2.79 bits per heavy atom. The highest BCUT2D eigenvalue weighted by molar-refractivity contribution is 5.89. The van der Waals surface area contributed by atoms with Gasteiger partial charge in [0.15, 0.2) is 0 Å². The molecular formula is C23H29N3O2. The van der Waals surface area contributed by atoms with Gasteiger partial charge in [-0.25, -0.2) is 0 Å². The van der Waals surface area contributed by atoms with Crippen LogP contribution in [0.5, 0.6) is 5.75 Å². The zero-order valence-electron chi connectivity index (χ0n) is 17.4. The van der Waals surface area contributed by atoms with Crippen molar-refractivity contribution in [3.63, 3.8) is 0 Å². The predicted molar refractivity (Wildman–Crippen MR) is 113 cm³/mol. The van der Waals surface area contributed by atoms with E-state index in [1.165, 1.54) is 11.1 Å². The molecule has 5 heteroatoms. The molecule has 0 aliphatic carbocycles. The minimum Gasteiger partial charge on any atom is -0.496 e. The third-order valence-electron chi connectivity index (χ3n) is 5.42. The van der Waals surface area contributed by atoms with Gasteiger partial charge in [-0.2, -0.15) is 5.10 Å². The molecule has 0 amide bonds. The summed E-state index contributed by atoms with van der Waals surface area (Å²) < 4.78 is 5.71. The van der Waals surface area contributed by atoms with Crippen molar-refractivity contribution in [1.82, 2.24) is 15.1 Å². The normalized spacial score (nSPS) is 13.6. The minimum absolute atomic E-state index is 0.0968. The topological polar surface area (TPSA) is 58.2 Å². The van der Waals surface area contributed by atoms with Gasteiger partial charge in [0.1, 0.15) is 11.5 Å². The Bertz CT molecular complexity index is 937. The Hall–Kier alpha value is -2.82. The van der Waals surface area contributed by atoms with Crippen LogP contribution < -0.4 is 4.74 Å². The lowest BCUT2D eigenvalue weighted by molar-refractivity contribution is -0.121. The summed E-state index contributed by atoms with van der Waals surface area (Å²) in [6.07, 6.45) is 6.20. The van der Waals surface area contributed by atoms with Gasteiger partial charge in [0.05, 0.1) is 24.7 Å². The van der Waals surface area contributed by atoms with Crippen molar-refractivity contribution in [3.05, 3.63) is 59.1 Å². The molecule has 0 saturated heterocycles. The van der Waals surface area contributed by atoms with Crippen LogP contribution in [0.3, 0.4) is 0 Å². The van der Waals surface area contributed by atoms with E-state index < -0.39 is 0 Å². The molecule has 148 valence electrons. The average Bonchev–Trinajstić information content (AvgIpc) is 3.15. The zero-order chi connectivity index (χ0) is 20.4. The molecule has 2 aromatic rings. The lowest BCUT2D eigenvalue weighted by Gasteiger charge is -2.25. The zero-order valence-corrected chi connectivity index (χ0v) is 17.4.